The van der Waals surface area contributed by atoms with Gasteiger partial charge in [-0.15, -0.1) is 0 Å². The van der Waals surface area contributed by atoms with Crippen LogP contribution in [0.15, 0.2) is 45.1 Å². The quantitative estimate of drug-likeness (QED) is 0.358. The molecule has 0 aliphatic carbocycles. The van der Waals surface area contributed by atoms with Crippen molar-refractivity contribution in [2.75, 3.05) is 52.1 Å². The predicted molar refractivity (Wildman–Crippen MR) is 139 cm³/mol. The molecule has 0 saturated carbocycles. The van der Waals surface area contributed by atoms with Gasteiger partial charge in [0, 0.05) is 46.8 Å². The minimum atomic E-state index is -3.34. The summed E-state index contributed by atoms with van der Waals surface area (Å²) in [6, 6.07) is 6.45. The molecule has 4 rings (SSSR count). The summed E-state index contributed by atoms with van der Waals surface area (Å²) in [5.41, 5.74) is -0.300. The Bertz CT molecular complexity index is 1450. The number of benzene rings is 1. The van der Waals surface area contributed by atoms with Crippen LogP contribution in [0, 0.1) is 0 Å². The molecule has 1 aliphatic heterocycles. The monoisotopic (exact) mass is 534 g/mol. The third-order valence-electron chi connectivity index (χ3n) is 6.86. The number of aromatic nitrogens is 4. The van der Waals surface area contributed by atoms with Crippen LogP contribution >= 0.6 is 0 Å². The number of ether oxygens (including phenoxy) is 1. The Kier molecular flexibility index (Phi) is 8.17. The first-order valence-corrected chi connectivity index (χ1v) is 13.9. The predicted octanol–water partition coefficient (Wildman–Crippen LogP) is -0.715. The van der Waals surface area contributed by atoms with E-state index < -0.39 is 27.2 Å². The summed E-state index contributed by atoms with van der Waals surface area (Å²) in [4.78, 5) is 33.6. The Hall–Kier alpha value is -3.00. The topological polar surface area (TPSA) is 132 Å². The second-order valence-corrected chi connectivity index (χ2v) is 11.5. The lowest BCUT2D eigenvalue weighted by molar-refractivity contribution is 0.0650. The van der Waals surface area contributed by atoms with E-state index >= 15 is 0 Å². The number of hydrogen-bond donors (Lipinski definition) is 1. The summed E-state index contributed by atoms with van der Waals surface area (Å²) in [6.07, 6.45) is 1.30. The van der Waals surface area contributed by atoms with Gasteiger partial charge in [-0.25, -0.2) is 18.2 Å². The summed E-state index contributed by atoms with van der Waals surface area (Å²) in [5.74, 6) is 0.707. The second kappa shape index (κ2) is 11.2. The van der Waals surface area contributed by atoms with Gasteiger partial charge in [0.2, 0.25) is 0 Å². The van der Waals surface area contributed by atoms with E-state index in [0.29, 0.717) is 35.8 Å². The number of hydrogen-bond acceptors (Lipinski definition) is 9. The molecule has 3 aromatic rings. The molecule has 1 N–H and O–H groups in total. The highest BCUT2D eigenvalue weighted by Gasteiger charge is 2.22. The van der Waals surface area contributed by atoms with Gasteiger partial charge in [-0.1, -0.05) is 0 Å². The molecule has 0 radical (unpaired) electrons. The molecule has 1 saturated heterocycles. The average molecular weight is 535 g/mol. The molecule has 2 aromatic heterocycles. The lowest BCUT2D eigenvalue weighted by Crippen LogP contribution is -2.49. The van der Waals surface area contributed by atoms with Crippen molar-refractivity contribution >= 4 is 21.0 Å². The second-order valence-electron chi connectivity index (χ2n) is 9.42. The Morgan fingerprint density at radius 2 is 1.65 bits per heavy atom. The van der Waals surface area contributed by atoms with Crippen LogP contribution in [0.3, 0.4) is 0 Å². The van der Waals surface area contributed by atoms with Crippen LogP contribution in [0.25, 0.3) is 11.2 Å². The van der Waals surface area contributed by atoms with Gasteiger partial charge in [0.05, 0.1) is 36.7 Å². The van der Waals surface area contributed by atoms with Crippen LogP contribution < -0.4 is 16.0 Å². The highest BCUT2D eigenvalue weighted by atomic mass is 32.2. The van der Waals surface area contributed by atoms with Crippen molar-refractivity contribution in [1.29, 1.82) is 0 Å². The highest BCUT2D eigenvalue weighted by Crippen LogP contribution is 2.17. The zero-order valence-electron chi connectivity index (χ0n) is 21.4. The zero-order chi connectivity index (χ0) is 26.7. The normalized spacial score (nSPS) is 16.3. The number of β-amino-alcohol motifs (C(OH)–C–C–N with tert-alkyl or cyclic N) is 1. The van der Waals surface area contributed by atoms with E-state index in [9.17, 15) is 23.1 Å². The summed E-state index contributed by atoms with van der Waals surface area (Å²) in [6.45, 7) is 4.39. The molecular weight excluding hydrogens is 500 g/mol. The molecule has 1 unspecified atom stereocenters. The first-order valence-electron chi connectivity index (χ1n) is 12.2. The maximum Gasteiger partial charge on any atom is 0.332 e. The summed E-state index contributed by atoms with van der Waals surface area (Å²) in [5, 5.41) is 10.7. The number of aryl methyl sites for hydroxylation is 1. The van der Waals surface area contributed by atoms with Crippen molar-refractivity contribution in [3.8, 4) is 5.75 Å². The SMILES string of the molecule is COc1ccc(S(=O)(=O)CCCN2CCN(CC(O)Cn3cnc4c3c(=O)n(C)c(=O)n4C)CC2)cc1. The number of imidazole rings is 1. The number of aliphatic hydroxyl groups is 1. The lowest BCUT2D eigenvalue weighted by atomic mass is 10.2. The molecule has 1 atom stereocenters. The van der Waals surface area contributed by atoms with Crippen molar-refractivity contribution in [2.45, 2.75) is 24.0 Å². The molecule has 0 amide bonds. The standard InChI is InChI=1S/C24H34N6O6S/c1-26-22-21(23(32)27(2)24(26)33)30(17-25-22)16-18(31)15-29-12-10-28(11-13-29)9-4-14-37(34,35)20-7-5-19(36-3)6-8-20/h5-8,17-18,31H,4,9-16H2,1-3H3. The van der Waals surface area contributed by atoms with Crippen molar-refractivity contribution in [3.05, 3.63) is 51.4 Å². The molecule has 3 heterocycles. The van der Waals surface area contributed by atoms with E-state index in [1.165, 1.54) is 17.9 Å². The minimum Gasteiger partial charge on any atom is -0.497 e. The first-order chi connectivity index (χ1) is 17.6. The van der Waals surface area contributed by atoms with Gasteiger partial charge >= 0.3 is 5.69 Å². The van der Waals surface area contributed by atoms with E-state index in [1.54, 1.807) is 43.0 Å². The van der Waals surface area contributed by atoms with Gasteiger partial charge < -0.3 is 19.3 Å². The van der Waals surface area contributed by atoms with E-state index in [1.807, 2.05) is 0 Å². The Morgan fingerprint density at radius 3 is 2.30 bits per heavy atom. The summed E-state index contributed by atoms with van der Waals surface area (Å²) >= 11 is 0. The van der Waals surface area contributed by atoms with Crippen LogP contribution in [0.4, 0.5) is 0 Å². The molecule has 12 nitrogen and oxygen atoms in total. The number of nitrogens with zero attached hydrogens (tertiary/aromatic N) is 6. The van der Waals surface area contributed by atoms with E-state index in [4.69, 9.17) is 4.74 Å². The molecule has 202 valence electrons. The molecule has 0 spiro atoms. The fraction of sp³-hybridized carbons (Fsp3) is 0.542. The van der Waals surface area contributed by atoms with Crippen molar-refractivity contribution in [3.63, 3.8) is 0 Å². The number of methoxy groups -OCH3 is 1. The Morgan fingerprint density at radius 1 is 1.00 bits per heavy atom. The number of aliphatic hydroxyl groups excluding tert-OH is 1. The number of rotatable bonds is 10. The molecule has 0 bridgehead atoms. The van der Waals surface area contributed by atoms with Crippen LogP contribution in [0.5, 0.6) is 5.75 Å². The number of fused-ring (bicyclic) bond motifs is 1. The molecule has 13 heteroatoms. The van der Waals surface area contributed by atoms with Crippen molar-refractivity contribution in [2.24, 2.45) is 14.1 Å². The molecule has 1 aromatic carbocycles. The summed E-state index contributed by atoms with van der Waals surface area (Å²) in [7, 11) is 1.19. The van der Waals surface area contributed by atoms with E-state index in [2.05, 4.69) is 14.8 Å². The highest BCUT2D eigenvalue weighted by molar-refractivity contribution is 7.91. The Labute approximate surface area is 215 Å². The van der Waals surface area contributed by atoms with Crippen molar-refractivity contribution in [1.82, 2.24) is 28.5 Å². The largest absolute Gasteiger partial charge is 0.497 e. The van der Waals surface area contributed by atoms with Gasteiger partial charge in [-0.2, -0.15) is 0 Å². The summed E-state index contributed by atoms with van der Waals surface area (Å²) < 4.78 is 34.2. The third-order valence-corrected chi connectivity index (χ3v) is 8.68. The molecule has 37 heavy (non-hydrogen) atoms. The van der Waals surface area contributed by atoms with Crippen LogP contribution in [-0.4, -0.2) is 100 Å². The van der Waals surface area contributed by atoms with E-state index in [-0.39, 0.29) is 17.8 Å². The fourth-order valence-corrected chi connectivity index (χ4v) is 5.99. The molecule has 1 fully saturated rings. The maximum absolute atomic E-state index is 12.6. The zero-order valence-corrected chi connectivity index (χ0v) is 22.2. The molecular formula is C24H34N6O6S. The number of sulfone groups is 1. The van der Waals surface area contributed by atoms with Crippen molar-refractivity contribution < 1.29 is 18.3 Å². The Balaban J connectivity index is 1.24. The number of piperazine rings is 1. The lowest BCUT2D eigenvalue weighted by Gasteiger charge is -2.35. The average Bonchev–Trinajstić information content (AvgIpc) is 3.30. The molecule has 1 aliphatic rings. The van der Waals surface area contributed by atoms with E-state index in [0.717, 1.165) is 30.7 Å². The van der Waals surface area contributed by atoms with Gasteiger partial charge in [0.1, 0.15) is 5.75 Å². The van der Waals surface area contributed by atoms with Crippen LogP contribution in [0.1, 0.15) is 6.42 Å². The minimum absolute atomic E-state index is 0.0855. The first kappa shape index (κ1) is 27.0. The van der Waals surface area contributed by atoms with Crippen LogP contribution in [0.2, 0.25) is 0 Å². The third kappa shape index (κ3) is 5.95. The van der Waals surface area contributed by atoms with Gasteiger partial charge in [0.15, 0.2) is 21.0 Å². The fourth-order valence-electron chi connectivity index (χ4n) is 4.69. The van der Waals surface area contributed by atoms with Gasteiger partial charge in [-0.3, -0.25) is 18.8 Å². The smallest absolute Gasteiger partial charge is 0.332 e. The maximum atomic E-state index is 12.6. The van der Waals surface area contributed by atoms with Gasteiger partial charge in [0.25, 0.3) is 5.56 Å². The van der Waals surface area contributed by atoms with Crippen LogP contribution in [-0.2, 0) is 30.5 Å². The van der Waals surface area contributed by atoms with Gasteiger partial charge in [-0.05, 0) is 37.2 Å².